The van der Waals surface area contributed by atoms with Gasteiger partial charge in [-0.3, -0.25) is 0 Å². The predicted octanol–water partition coefficient (Wildman–Crippen LogP) is 0.646. The number of aromatic nitrogens is 2. The molecule has 5 heteroatoms. The van der Waals surface area contributed by atoms with Crippen molar-refractivity contribution in [1.29, 1.82) is 0 Å². The minimum atomic E-state index is 0.150. The number of rotatable bonds is 3. The van der Waals surface area contributed by atoms with Crippen LogP contribution in [0.3, 0.4) is 0 Å². The van der Waals surface area contributed by atoms with Crippen LogP contribution in [0, 0.1) is 5.92 Å². The van der Waals surface area contributed by atoms with Gasteiger partial charge in [0.15, 0.2) is 0 Å². The van der Waals surface area contributed by atoms with Gasteiger partial charge in [0.25, 0.3) is 0 Å². The van der Waals surface area contributed by atoms with Crippen molar-refractivity contribution in [3.05, 3.63) is 5.01 Å². The zero-order valence-corrected chi connectivity index (χ0v) is 8.14. The summed E-state index contributed by atoms with van der Waals surface area (Å²) in [6.07, 6.45) is 0.770. The molecular formula is C7H14N4S. The molecule has 1 rings (SSSR count). The summed E-state index contributed by atoms with van der Waals surface area (Å²) in [5.74, 6) is 0.468. The highest BCUT2D eigenvalue weighted by Crippen LogP contribution is 2.14. The lowest BCUT2D eigenvalue weighted by Gasteiger charge is -2.12. The van der Waals surface area contributed by atoms with E-state index in [-0.39, 0.29) is 6.04 Å². The van der Waals surface area contributed by atoms with E-state index >= 15 is 0 Å². The van der Waals surface area contributed by atoms with E-state index in [1.807, 2.05) is 0 Å². The van der Waals surface area contributed by atoms with E-state index < -0.39 is 0 Å². The van der Waals surface area contributed by atoms with E-state index in [2.05, 4.69) is 24.0 Å². The molecule has 0 amide bonds. The molecule has 68 valence electrons. The molecular weight excluding hydrogens is 172 g/mol. The van der Waals surface area contributed by atoms with Gasteiger partial charge in [-0.25, -0.2) is 0 Å². The van der Waals surface area contributed by atoms with Crippen molar-refractivity contribution in [3.63, 3.8) is 0 Å². The quantitative estimate of drug-likeness (QED) is 0.726. The molecule has 0 aliphatic heterocycles. The van der Waals surface area contributed by atoms with Crippen molar-refractivity contribution in [2.75, 3.05) is 5.73 Å². The van der Waals surface area contributed by atoms with Crippen molar-refractivity contribution < 1.29 is 0 Å². The topological polar surface area (TPSA) is 77.8 Å². The van der Waals surface area contributed by atoms with Crippen LogP contribution in [0.1, 0.15) is 18.9 Å². The summed E-state index contributed by atoms with van der Waals surface area (Å²) >= 11 is 1.41. The van der Waals surface area contributed by atoms with Gasteiger partial charge in [-0.1, -0.05) is 25.2 Å². The Hall–Kier alpha value is -0.680. The second kappa shape index (κ2) is 3.82. The Labute approximate surface area is 76.0 Å². The van der Waals surface area contributed by atoms with E-state index in [1.165, 1.54) is 11.3 Å². The average molecular weight is 186 g/mol. The smallest absolute Gasteiger partial charge is 0.203 e. The first-order valence-corrected chi connectivity index (χ1v) is 4.74. The zero-order chi connectivity index (χ0) is 9.14. The Morgan fingerprint density at radius 3 is 2.50 bits per heavy atom. The third-order valence-electron chi connectivity index (χ3n) is 1.75. The first kappa shape index (κ1) is 9.41. The van der Waals surface area contributed by atoms with Gasteiger partial charge >= 0.3 is 0 Å². The Morgan fingerprint density at radius 1 is 1.42 bits per heavy atom. The fourth-order valence-corrected chi connectivity index (χ4v) is 1.47. The van der Waals surface area contributed by atoms with Crippen LogP contribution in [0.5, 0.6) is 0 Å². The Kier molecular flexibility index (Phi) is 2.99. The van der Waals surface area contributed by atoms with Gasteiger partial charge in [0.2, 0.25) is 5.13 Å². The van der Waals surface area contributed by atoms with E-state index in [0.717, 1.165) is 11.4 Å². The van der Waals surface area contributed by atoms with Crippen molar-refractivity contribution in [2.24, 2.45) is 11.7 Å². The molecule has 0 aromatic carbocycles. The molecule has 4 nitrogen and oxygen atoms in total. The van der Waals surface area contributed by atoms with Crippen LogP contribution in [-0.4, -0.2) is 16.2 Å². The highest BCUT2D eigenvalue weighted by Gasteiger charge is 2.11. The van der Waals surface area contributed by atoms with Gasteiger partial charge in [-0.2, -0.15) is 0 Å². The summed E-state index contributed by atoms with van der Waals surface area (Å²) in [7, 11) is 0. The highest BCUT2D eigenvalue weighted by atomic mass is 32.1. The lowest BCUT2D eigenvalue weighted by Crippen LogP contribution is -2.28. The molecule has 12 heavy (non-hydrogen) atoms. The summed E-state index contributed by atoms with van der Waals surface area (Å²) in [5.41, 5.74) is 11.3. The minimum Gasteiger partial charge on any atom is -0.374 e. The first-order valence-electron chi connectivity index (χ1n) is 3.93. The molecule has 0 aliphatic rings. The number of anilines is 1. The van der Waals surface area contributed by atoms with E-state index in [4.69, 9.17) is 11.5 Å². The molecule has 0 unspecified atom stereocenters. The normalized spacial score (nSPS) is 13.7. The summed E-state index contributed by atoms with van der Waals surface area (Å²) in [5, 5.41) is 9.06. The van der Waals surface area contributed by atoms with Crippen LogP contribution in [-0.2, 0) is 6.42 Å². The van der Waals surface area contributed by atoms with Crippen LogP contribution in [0.4, 0.5) is 5.13 Å². The summed E-state index contributed by atoms with van der Waals surface area (Å²) in [6, 6.07) is 0.150. The number of nitrogens with zero attached hydrogens (tertiary/aromatic N) is 2. The monoisotopic (exact) mass is 186 g/mol. The van der Waals surface area contributed by atoms with E-state index in [1.54, 1.807) is 0 Å². The summed E-state index contributed by atoms with van der Waals surface area (Å²) in [4.78, 5) is 0. The highest BCUT2D eigenvalue weighted by molar-refractivity contribution is 7.15. The van der Waals surface area contributed by atoms with Crippen LogP contribution in [0.2, 0.25) is 0 Å². The third kappa shape index (κ3) is 2.42. The summed E-state index contributed by atoms with van der Waals surface area (Å²) < 4.78 is 0. The maximum Gasteiger partial charge on any atom is 0.203 e. The van der Waals surface area contributed by atoms with E-state index in [0.29, 0.717) is 11.0 Å². The van der Waals surface area contributed by atoms with Gasteiger partial charge in [0.05, 0.1) is 0 Å². The van der Waals surface area contributed by atoms with Crippen LogP contribution < -0.4 is 11.5 Å². The Morgan fingerprint density at radius 2 is 2.08 bits per heavy atom. The van der Waals surface area contributed by atoms with Crippen molar-refractivity contribution in [3.8, 4) is 0 Å². The molecule has 1 heterocycles. The minimum absolute atomic E-state index is 0.150. The molecule has 0 saturated heterocycles. The van der Waals surface area contributed by atoms with E-state index in [9.17, 15) is 0 Å². The number of hydrogen-bond donors (Lipinski definition) is 2. The second-order valence-electron chi connectivity index (χ2n) is 3.15. The number of nitrogen functional groups attached to an aromatic ring is 1. The molecule has 0 aliphatic carbocycles. The number of hydrogen-bond acceptors (Lipinski definition) is 5. The van der Waals surface area contributed by atoms with Crippen molar-refractivity contribution in [2.45, 2.75) is 26.3 Å². The van der Waals surface area contributed by atoms with Crippen LogP contribution in [0.25, 0.3) is 0 Å². The molecule has 0 bridgehead atoms. The maximum absolute atomic E-state index is 5.86. The zero-order valence-electron chi connectivity index (χ0n) is 7.32. The fraction of sp³-hybridized carbons (Fsp3) is 0.714. The second-order valence-corrected chi connectivity index (χ2v) is 4.24. The lowest BCUT2D eigenvalue weighted by atomic mass is 10.0. The third-order valence-corrected chi connectivity index (χ3v) is 2.52. The molecule has 0 spiro atoms. The Bertz CT molecular complexity index is 245. The molecule has 0 radical (unpaired) electrons. The maximum atomic E-state index is 5.86. The van der Waals surface area contributed by atoms with Crippen molar-refractivity contribution >= 4 is 16.5 Å². The van der Waals surface area contributed by atoms with Gasteiger partial charge in [0.1, 0.15) is 5.01 Å². The Balaban J connectivity index is 2.52. The molecule has 4 N–H and O–H groups in total. The standard InChI is InChI=1S/C7H14N4S/c1-4(2)5(8)3-6-10-11-7(9)12-6/h4-5H,3,8H2,1-2H3,(H2,9,11)/t5-/m0/s1. The molecule has 1 aromatic heterocycles. The molecule has 1 atom stereocenters. The largest absolute Gasteiger partial charge is 0.374 e. The SMILES string of the molecule is CC(C)[C@@H](N)Cc1nnc(N)s1. The van der Waals surface area contributed by atoms with Gasteiger partial charge in [0, 0.05) is 12.5 Å². The van der Waals surface area contributed by atoms with Crippen molar-refractivity contribution in [1.82, 2.24) is 10.2 Å². The first-order chi connectivity index (χ1) is 5.59. The average Bonchev–Trinajstić information content (AvgIpc) is 2.35. The van der Waals surface area contributed by atoms with Crippen LogP contribution >= 0.6 is 11.3 Å². The van der Waals surface area contributed by atoms with Gasteiger partial charge in [-0.15, -0.1) is 10.2 Å². The summed E-state index contributed by atoms with van der Waals surface area (Å²) in [6.45, 7) is 4.18. The molecule has 0 fully saturated rings. The lowest BCUT2D eigenvalue weighted by molar-refractivity contribution is 0.488. The predicted molar refractivity (Wildman–Crippen MR) is 50.8 cm³/mol. The van der Waals surface area contributed by atoms with Crippen LogP contribution in [0.15, 0.2) is 0 Å². The number of nitrogens with two attached hydrogens (primary N) is 2. The molecule has 0 saturated carbocycles. The molecule has 1 aromatic rings. The fourth-order valence-electron chi connectivity index (χ4n) is 0.786. The van der Waals surface area contributed by atoms with Gasteiger partial charge in [-0.05, 0) is 5.92 Å². The van der Waals surface area contributed by atoms with Gasteiger partial charge < -0.3 is 11.5 Å².